The van der Waals surface area contributed by atoms with Crippen LogP contribution in [-0.2, 0) is 9.47 Å². The maximum Gasteiger partial charge on any atom is 0.321 e. The van der Waals surface area contributed by atoms with Crippen LogP contribution in [0.25, 0.3) is 5.76 Å². The number of nitrogens with one attached hydrogen (secondary N) is 3. The van der Waals surface area contributed by atoms with Crippen molar-refractivity contribution in [1.29, 1.82) is 0 Å². The third-order valence-electron chi connectivity index (χ3n) is 6.47. The number of amides is 2. The number of hydrogen-bond acceptors (Lipinski definition) is 8. The highest BCUT2D eigenvalue weighted by molar-refractivity contribution is 5.94. The molecule has 3 heterocycles. The monoisotopic (exact) mass is 495 g/mol. The van der Waals surface area contributed by atoms with E-state index in [1.165, 1.54) is 0 Å². The van der Waals surface area contributed by atoms with Crippen molar-refractivity contribution in [2.75, 3.05) is 69.9 Å². The summed E-state index contributed by atoms with van der Waals surface area (Å²) in [6.45, 7) is 8.24. The van der Waals surface area contributed by atoms with Gasteiger partial charge < -0.3 is 34.9 Å². The molecule has 10 nitrogen and oxygen atoms in total. The highest BCUT2D eigenvalue weighted by atomic mass is 16.5. The van der Waals surface area contributed by atoms with E-state index in [0.717, 1.165) is 61.1 Å². The van der Waals surface area contributed by atoms with Crippen molar-refractivity contribution in [2.24, 2.45) is 0 Å². The minimum absolute atomic E-state index is 0.115. The maximum absolute atomic E-state index is 12.2. The Morgan fingerprint density at radius 1 is 1.11 bits per heavy atom. The van der Waals surface area contributed by atoms with E-state index in [1.807, 2.05) is 49.5 Å². The zero-order valence-corrected chi connectivity index (χ0v) is 20.7. The molecule has 2 fully saturated rings. The van der Waals surface area contributed by atoms with E-state index in [4.69, 9.17) is 18.9 Å². The highest BCUT2D eigenvalue weighted by Gasteiger charge is 2.25. The third-order valence-corrected chi connectivity index (χ3v) is 6.47. The summed E-state index contributed by atoms with van der Waals surface area (Å²) in [6, 6.07) is 11.6. The molecule has 1 unspecified atom stereocenters. The fraction of sp³-hybridized carbons (Fsp3) is 0.423. The van der Waals surface area contributed by atoms with Crippen LogP contribution in [0.15, 0.2) is 42.6 Å². The molecule has 3 aliphatic heterocycles. The Labute approximate surface area is 211 Å². The van der Waals surface area contributed by atoms with Crippen molar-refractivity contribution < 1.29 is 23.7 Å². The zero-order chi connectivity index (χ0) is 24.9. The lowest BCUT2D eigenvalue weighted by Crippen LogP contribution is -2.38. The Hall–Kier alpha value is -3.63. The standard InChI is InChI=1S/C26H33N5O5/c1-18-3-4-21(35-12-9-30-7-10-34-11-8-30)16-23(18)29-25-28-17-24(36-25)19-13-20(15-22(14-19)33-2)31-6-5-27-26(31)32/h3-4,13-17,25,28-29H,5-12H2,1-2H3,(H,27,32). The van der Waals surface area contributed by atoms with Gasteiger partial charge in [0.2, 0.25) is 6.35 Å². The van der Waals surface area contributed by atoms with Crippen molar-refractivity contribution in [3.63, 3.8) is 0 Å². The quantitative estimate of drug-likeness (QED) is 0.489. The molecule has 2 amide bonds. The van der Waals surface area contributed by atoms with Crippen molar-refractivity contribution >= 4 is 23.2 Å². The number of aryl methyl sites for hydroxylation is 1. The summed E-state index contributed by atoms with van der Waals surface area (Å²) in [7, 11) is 1.61. The van der Waals surface area contributed by atoms with Gasteiger partial charge in [0, 0.05) is 68.0 Å². The van der Waals surface area contributed by atoms with Crippen LogP contribution < -0.4 is 30.3 Å². The molecule has 1 atom stereocenters. The van der Waals surface area contributed by atoms with E-state index < -0.39 is 6.35 Å². The molecular formula is C26H33N5O5. The summed E-state index contributed by atoms with van der Waals surface area (Å²) in [5, 5.41) is 9.46. The second-order valence-electron chi connectivity index (χ2n) is 8.90. The predicted octanol–water partition coefficient (Wildman–Crippen LogP) is 2.56. The van der Waals surface area contributed by atoms with Gasteiger partial charge in [-0.15, -0.1) is 0 Å². The van der Waals surface area contributed by atoms with E-state index in [1.54, 1.807) is 12.0 Å². The van der Waals surface area contributed by atoms with Gasteiger partial charge in [0.15, 0.2) is 0 Å². The number of carbonyl (C=O) groups excluding carboxylic acids is 1. The number of urea groups is 1. The molecule has 0 radical (unpaired) electrons. The molecule has 5 rings (SSSR count). The van der Waals surface area contributed by atoms with E-state index in [2.05, 4.69) is 20.9 Å². The van der Waals surface area contributed by atoms with Crippen LogP contribution in [-0.4, -0.2) is 76.9 Å². The van der Waals surface area contributed by atoms with E-state index in [9.17, 15) is 4.79 Å². The molecule has 2 aromatic carbocycles. The Balaban J connectivity index is 1.21. The van der Waals surface area contributed by atoms with Gasteiger partial charge in [-0.3, -0.25) is 9.80 Å². The lowest BCUT2D eigenvalue weighted by molar-refractivity contribution is 0.0322. The average molecular weight is 496 g/mol. The summed E-state index contributed by atoms with van der Waals surface area (Å²) in [5.41, 5.74) is 3.58. The van der Waals surface area contributed by atoms with Gasteiger partial charge in [0.05, 0.1) is 20.3 Å². The molecule has 0 spiro atoms. The van der Waals surface area contributed by atoms with E-state index in [0.29, 0.717) is 31.2 Å². The fourth-order valence-corrected chi connectivity index (χ4v) is 4.39. The SMILES string of the molecule is COc1cc(C2=CNC(Nc3cc(OCCN4CCOCC4)ccc3C)O2)cc(N2CCNC2=O)c1. The first-order valence-corrected chi connectivity index (χ1v) is 12.3. The molecule has 36 heavy (non-hydrogen) atoms. The largest absolute Gasteiger partial charge is 0.497 e. The molecule has 10 heteroatoms. The number of rotatable bonds is 9. The molecule has 2 saturated heterocycles. The first-order chi connectivity index (χ1) is 17.6. The zero-order valence-electron chi connectivity index (χ0n) is 20.7. The minimum atomic E-state index is -0.452. The second-order valence-corrected chi connectivity index (χ2v) is 8.90. The molecule has 2 aromatic rings. The molecule has 0 aliphatic carbocycles. The molecule has 192 valence electrons. The van der Waals surface area contributed by atoms with Crippen LogP contribution in [0.2, 0.25) is 0 Å². The van der Waals surface area contributed by atoms with Gasteiger partial charge in [0.1, 0.15) is 23.9 Å². The summed E-state index contributed by atoms with van der Waals surface area (Å²) >= 11 is 0. The van der Waals surface area contributed by atoms with Crippen molar-refractivity contribution in [3.8, 4) is 11.5 Å². The molecule has 0 aromatic heterocycles. The van der Waals surface area contributed by atoms with Crippen LogP contribution in [0.3, 0.4) is 0 Å². The minimum Gasteiger partial charge on any atom is -0.497 e. The summed E-state index contributed by atoms with van der Waals surface area (Å²) in [4.78, 5) is 16.2. The molecule has 0 bridgehead atoms. The highest BCUT2D eigenvalue weighted by Crippen LogP contribution is 2.32. The lowest BCUT2D eigenvalue weighted by Gasteiger charge is -2.26. The summed E-state index contributed by atoms with van der Waals surface area (Å²) < 4.78 is 23.0. The van der Waals surface area contributed by atoms with Crippen LogP contribution in [0.1, 0.15) is 11.1 Å². The Bertz CT molecular complexity index is 1120. The van der Waals surface area contributed by atoms with E-state index in [-0.39, 0.29) is 6.03 Å². The van der Waals surface area contributed by atoms with Gasteiger partial charge in [-0.1, -0.05) is 6.07 Å². The van der Waals surface area contributed by atoms with Crippen LogP contribution in [0.4, 0.5) is 16.2 Å². The summed E-state index contributed by atoms with van der Waals surface area (Å²) in [6.07, 6.45) is 1.37. The molecule has 0 saturated carbocycles. The Morgan fingerprint density at radius 3 is 2.75 bits per heavy atom. The number of morpholine rings is 1. The second kappa shape index (κ2) is 11.0. The predicted molar refractivity (Wildman–Crippen MR) is 137 cm³/mol. The number of benzene rings is 2. The fourth-order valence-electron chi connectivity index (χ4n) is 4.39. The smallest absolute Gasteiger partial charge is 0.321 e. The Kier molecular flexibility index (Phi) is 7.33. The van der Waals surface area contributed by atoms with Crippen LogP contribution in [0, 0.1) is 6.92 Å². The number of hydrogen-bond donors (Lipinski definition) is 3. The topological polar surface area (TPSA) is 96.6 Å². The Morgan fingerprint density at radius 2 is 1.97 bits per heavy atom. The van der Waals surface area contributed by atoms with Crippen molar-refractivity contribution in [1.82, 2.24) is 15.5 Å². The van der Waals surface area contributed by atoms with Crippen LogP contribution >= 0.6 is 0 Å². The van der Waals surface area contributed by atoms with Crippen molar-refractivity contribution in [2.45, 2.75) is 13.3 Å². The third kappa shape index (κ3) is 5.60. The average Bonchev–Trinajstić information content (AvgIpc) is 3.55. The normalized spacial score (nSPS) is 19.8. The molecule has 3 aliphatic rings. The number of nitrogens with zero attached hydrogens (tertiary/aromatic N) is 2. The van der Waals surface area contributed by atoms with Gasteiger partial charge in [0.25, 0.3) is 0 Å². The first-order valence-electron chi connectivity index (χ1n) is 12.3. The maximum atomic E-state index is 12.2. The van der Waals surface area contributed by atoms with Gasteiger partial charge in [-0.05, 0) is 30.7 Å². The number of carbonyl (C=O) groups is 1. The lowest BCUT2D eigenvalue weighted by atomic mass is 10.1. The first kappa shape index (κ1) is 24.1. The van der Waals surface area contributed by atoms with Crippen molar-refractivity contribution in [3.05, 3.63) is 53.7 Å². The molecular weight excluding hydrogens is 462 g/mol. The van der Waals surface area contributed by atoms with Gasteiger partial charge in [-0.25, -0.2) is 4.79 Å². The number of anilines is 2. The van der Waals surface area contributed by atoms with Crippen LogP contribution in [0.5, 0.6) is 11.5 Å². The van der Waals surface area contributed by atoms with Gasteiger partial charge >= 0.3 is 6.03 Å². The number of ether oxygens (including phenoxy) is 4. The van der Waals surface area contributed by atoms with Gasteiger partial charge in [-0.2, -0.15) is 0 Å². The number of methoxy groups -OCH3 is 1. The van der Waals surface area contributed by atoms with E-state index >= 15 is 0 Å². The summed E-state index contributed by atoms with van der Waals surface area (Å²) in [5.74, 6) is 2.12. The molecule has 3 N–H and O–H groups in total.